The van der Waals surface area contributed by atoms with Crippen LogP contribution in [-0.2, 0) is 0 Å². The van der Waals surface area contributed by atoms with E-state index >= 15 is 0 Å². The summed E-state index contributed by atoms with van der Waals surface area (Å²) in [5.74, 6) is 0.492. The topological polar surface area (TPSA) is 32.3 Å². The van der Waals surface area contributed by atoms with Crippen molar-refractivity contribution in [3.8, 4) is 0 Å². The highest BCUT2D eigenvalue weighted by molar-refractivity contribution is 4.95. The second-order valence-electron chi connectivity index (χ2n) is 3.72. The van der Waals surface area contributed by atoms with Crippen LogP contribution in [0.2, 0.25) is 0 Å². The molecule has 0 aromatic rings. The zero-order valence-electron chi connectivity index (χ0n) is 7.56. The molecule has 11 heavy (non-hydrogen) atoms. The van der Waals surface area contributed by atoms with Gasteiger partial charge in [-0.05, 0) is 31.7 Å². The molecule has 0 spiro atoms. The summed E-state index contributed by atoms with van der Waals surface area (Å²) in [6.07, 6.45) is 3.31. The van der Waals surface area contributed by atoms with Gasteiger partial charge in [0, 0.05) is 6.54 Å². The molecule has 0 aromatic heterocycles. The van der Waals surface area contributed by atoms with Gasteiger partial charge < -0.3 is 10.4 Å². The largest absolute Gasteiger partial charge is 0.388 e. The molecule has 0 radical (unpaired) electrons. The van der Waals surface area contributed by atoms with Crippen LogP contribution in [0.15, 0.2) is 0 Å². The Hall–Kier alpha value is -0.0800. The van der Waals surface area contributed by atoms with Crippen molar-refractivity contribution in [3.05, 3.63) is 0 Å². The highest BCUT2D eigenvalue weighted by atomic mass is 16.3. The van der Waals surface area contributed by atoms with Crippen LogP contribution in [0, 0.1) is 5.92 Å². The molecule has 0 amide bonds. The molecule has 66 valence electrons. The minimum Gasteiger partial charge on any atom is -0.388 e. The first kappa shape index (κ1) is 9.01. The van der Waals surface area contributed by atoms with Gasteiger partial charge in [-0.15, -0.1) is 0 Å². The molecule has 1 aliphatic rings. The molecule has 2 heteroatoms. The van der Waals surface area contributed by atoms with E-state index in [0.717, 1.165) is 25.9 Å². The summed E-state index contributed by atoms with van der Waals surface area (Å²) in [4.78, 5) is 0. The quantitative estimate of drug-likeness (QED) is 0.600. The fourth-order valence-corrected chi connectivity index (χ4v) is 1.51. The predicted octanol–water partition coefficient (Wildman–Crippen LogP) is 1.15. The van der Waals surface area contributed by atoms with Crippen LogP contribution in [-0.4, -0.2) is 23.8 Å². The Balaban J connectivity index is 2.14. The van der Waals surface area contributed by atoms with Crippen LogP contribution >= 0.6 is 0 Å². The van der Waals surface area contributed by atoms with Gasteiger partial charge in [0.1, 0.15) is 0 Å². The van der Waals surface area contributed by atoms with Crippen molar-refractivity contribution in [1.82, 2.24) is 5.32 Å². The summed E-state index contributed by atoms with van der Waals surface area (Å²) >= 11 is 0. The average Bonchev–Trinajstić information content (AvgIpc) is 2.02. The summed E-state index contributed by atoms with van der Waals surface area (Å²) in [7, 11) is 0. The summed E-state index contributed by atoms with van der Waals surface area (Å²) in [5.41, 5.74) is -0.380. The number of rotatable bonds is 4. The Kier molecular flexibility index (Phi) is 2.90. The minimum atomic E-state index is -0.380. The van der Waals surface area contributed by atoms with Gasteiger partial charge in [0.05, 0.1) is 5.60 Å². The van der Waals surface area contributed by atoms with Gasteiger partial charge in [-0.2, -0.15) is 0 Å². The van der Waals surface area contributed by atoms with Crippen molar-refractivity contribution in [2.24, 2.45) is 5.92 Å². The van der Waals surface area contributed by atoms with Crippen LogP contribution in [0.25, 0.3) is 0 Å². The zero-order chi connectivity index (χ0) is 8.32. The van der Waals surface area contributed by atoms with Crippen molar-refractivity contribution in [2.45, 2.75) is 38.7 Å². The lowest BCUT2D eigenvalue weighted by molar-refractivity contribution is -0.0832. The Morgan fingerprint density at radius 1 is 1.64 bits per heavy atom. The predicted molar refractivity (Wildman–Crippen MR) is 46.5 cm³/mol. The van der Waals surface area contributed by atoms with Crippen molar-refractivity contribution in [3.63, 3.8) is 0 Å². The van der Waals surface area contributed by atoms with E-state index in [1.54, 1.807) is 0 Å². The van der Waals surface area contributed by atoms with Gasteiger partial charge in [0.25, 0.3) is 0 Å². The molecular formula is C9H19NO. The number of nitrogens with one attached hydrogen (secondary N) is 1. The van der Waals surface area contributed by atoms with E-state index in [0.29, 0.717) is 5.92 Å². The van der Waals surface area contributed by atoms with Crippen molar-refractivity contribution < 1.29 is 5.11 Å². The summed E-state index contributed by atoms with van der Waals surface area (Å²) in [6, 6.07) is 0. The SMILES string of the molecule is CCCNCC1(O)CCC1C. The third-order valence-electron chi connectivity index (χ3n) is 2.79. The number of hydrogen-bond acceptors (Lipinski definition) is 2. The van der Waals surface area contributed by atoms with Crippen molar-refractivity contribution in [2.75, 3.05) is 13.1 Å². The van der Waals surface area contributed by atoms with Gasteiger partial charge in [0.2, 0.25) is 0 Å². The first-order valence-electron chi connectivity index (χ1n) is 4.62. The number of aliphatic hydroxyl groups is 1. The Bertz CT molecular complexity index is 127. The maximum absolute atomic E-state index is 9.84. The molecule has 1 aliphatic carbocycles. The smallest absolute Gasteiger partial charge is 0.0797 e. The van der Waals surface area contributed by atoms with Gasteiger partial charge in [-0.25, -0.2) is 0 Å². The molecule has 2 nitrogen and oxygen atoms in total. The lowest BCUT2D eigenvalue weighted by Crippen LogP contribution is -2.52. The summed E-state index contributed by atoms with van der Waals surface area (Å²) in [5, 5.41) is 13.1. The second-order valence-corrected chi connectivity index (χ2v) is 3.72. The third kappa shape index (κ3) is 1.94. The van der Waals surface area contributed by atoms with Gasteiger partial charge in [0.15, 0.2) is 0 Å². The van der Waals surface area contributed by atoms with Crippen LogP contribution in [0.4, 0.5) is 0 Å². The van der Waals surface area contributed by atoms with Gasteiger partial charge >= 0.3 is 0 Å². The first-order chi connectivity index (χ1) is 5.19. The molecule has 0 saturated heterocycles. The standard InChI is InChI=1S/C9H19NO/c1-3-6-10-7-9(11)5-4-8(9)2/h8,10-11H,3-7H2,1-2H3. The van der Waals surface area contributed by atoms with Crippen molar-refractivity contribution in [1.29, 1.82) is 0 Å². The molecule has 1 rings (SSSR count). The Morgan fingerprint density at radius 3 is 2.73 bits per heavy atom. The lowest BCUT2D eigenvalue weighted by Gasteiger charge is -2.43. The normalized spacial score (nSPS) is 36.8. The second kappa shape index (κ2) is 3.55. The third-order valence-corrected chi connectivity index (χ3v) is 2.79. The molecule has 0 aliphatic heterocycles. The zero-order valence-corrected chi connectivity index (χ0v) is 7.56. The molecule has 0 aromatic carbocycles. The maximum Gasteiger partial charge on any atom is 0.0797 e. The fourth-order valence-electron chi connectivity index (χ4n) is 1.51. The van der Waals surface area contributed by atoms with E-state index < -0.39 is 0 Å². The van der Waals surface area contributed by atoms with E-state index in [9.17, 15) is 5.11 Å². The minimum absolute atomic E-state index is 0.380. The lowest BCUT2D eigenvalue weighted by atomic mass is 9.70. The van der Waals surface area contributed by atoms with Crippen LogP contribution in [0.5, 0.6) is 0 Å². The fraction of sp³-hybridized carbons (Fsp3) is 1.00. The molecule has 2 unspecified atom stereocenters. The molecule has 2 N–H and O–H groups in total. The van der Waals surface area contributed by atoms with Gasteiger partial charge in [-0.1, -0.05) is 13.8 Å². The van der Waals surface area contributed by atoms with Crippen LogP contribution in [0.3, 0.4) is 0 Å². The Morgan fingerprint density at radius 2 is 2.36 bits per heavy atom. The van der Waals surface area contributed by atoms with E-state index in [4.69, 9.17) is 0 Å². The average molecular weight is 157 g/mol. The highest BCUT2D eigenvalue weighted by Crippen LogP contribution is 2.37. The van der Waals surface area contributed by atoms with Crippen LogP contribution in [0.1, 0.15) is 33.1 Å². The molecule has 2 atom stereocenters. The van der Waals surface area contributed by atoms with Gasteiger partial charge in [-0.3, -0.25) is 0 Å². The molecule has 1 saturated carbocycles. The summed E-state index contributed by atoms with van der Waals surface area (Å²) in [6.45, 7) is 6.06. The Labute approximate surface area is 69.0 Å². The van der Waals surface area contributed by atoms with E-state index in [1.807, 2.05) is 0 Å². The monoisotopic (exact) mass is 157 g/mol. The number of hydrogen-bond donors (Lipinski definition) is 2. The maximum atomic E-state index is 9.84. The summed E-state index contributed by atoms with van der Waals surface area (Å²) < 4.78 is 0. The van der Waals surface area contributed by atoms with E-state index in [-0.39, 0.29) is 5.60 Å². The first-order valence-corrected chi connectivity index (χ1v) is 4.62. The highest BCUT2D eigenvalue weighted by Gasteiger charge is 2.41. The van der Waals surface area contributed by atoms with E-state index in [2.05, 4.69) is 19.2 Å². The van der Waals surface area contributed by atoms with E-state index in [1.165, 1.54) is 6.42 Å². The van der Waals surface area contributed by atoms with Crippen LogP contribution < -0.4 is 5.32 Å². The molecule has 1 fully saturated rings. The van der Waals surface area contributed by atoms with Crippen molar-refractivity contribution >= 4 is 0 Å². The molecular weight excluding hydrogens is 138 g/mol. The molecule has 0 heterocycles. The molecule has 0 bridgehead atoms.